The molecule has 2 aliphatic heterocycles. The number of nitrogens with two attached hydrogens (primary N) is 1. The Labute approximate surface area is 192 Å². The number of nitrogens with one attached hydrogen (secondary N) is 1. The number of nitrogen functional groups attached to an aromatic ring is 1. The summed E-state index contributed by atoms with van der Waals surface area (Å²) in [5.41, 5.74) is 0.540. The van der Waals surface area contributed by atoms with Crippen molar-refractivity contribution in [1.29, 1.82) is 0 Å². The number of phosphoric ester groups is 1. The van der Waals surface area contributed by atoms with E-state index in [9.17, 15) is 23.2 Å². The molecule has 1 aromatic carbocycles. The van der Waals surface area contributed by atoms with Crippen molar-refractivity contribution in [2.75, 3.05) is 12.3 Å². The molecule has 0 spiro atoms. The summed E-state index contributed by atoms with van der Waals surface area (Å²) in [7, 11) is -4.61. The van der Waals surface area contributed by atoms with Crippen LogP contribution in [0.25, 0.3) is 11.2 Å². The molecular weight excluding hydrogens is 505 g/mol. The summed E-state index contributed by atoms with van der Waals surface area (Å²) in [5.74, 6) is -5.01. The maximum atomic E-state index is 15.2. The largest absolute Gasteiger partial charge is 0.530 e. The lowest BCUT2D eigenvalue weighted by molar-refractivity contribution is -0.242. The Kier molecular flexibility index (Phi) is 5.41. The highest BCUT2D eigenvalue weighted by Crippen LogP contribution is 2.58. The lowest BCUT2D eigenvalue weighted by atomic mass is 9.95. The number of ether oxygens (including phenoxy) is 1. The normalized spacial score (nSPS) is 29.9. The molecule has 0 aliphatic carbocycles. The molecule has 2 aliphatic rings. The van der Waals surface area contributed by atoms with Crippen LogP contribution in [0.5, 0.6) is 5.75 Å². The third-order valence-electron chi connectivity index (χ3n) is 5.61. The quantitative estimate of drug-likeness (QED) is 0.334. The fourth-order valence-electron chi connectivity index (χ4n) is 3.76. The molecular formula is C18H16F4N5O7P. The van der Waals surface area contributed by atoms with Crippen molar-refractivity contribution >= 4 is 24.9 Å². The van der Waals surface area contributed by atoms with Gasteiger partial charge in [0.1, 0.15) is 12.4 Å². The van der Waals surface area contributed by atoms with Crippen LogP contribution in [-0.4, -0.2) is 55.3 Å². The van der Waals surface area contributed by atoms with E-state index in [2.05, 4.69) is 15.0 Å². The number of aliphatic hydroxyl groups excluding tert-OH is 1. The minimum absolute atomic E-state index is 0.0592. The molecule has 1 unspecified atom stereocenters. The van der Waals surface area contributed by atoms with E-state index >= 15 is 8.78 Å². The number of hydrogen-bond donors (Lipinski definition) is 3. The summed E-state index contributed by atoms with van der Waals surface area (Å²) in [5, 5.41) is 10.3. The predicted molar refractivity (Wildman–Crippen MR) is 108 cm³/mol. The second kappa shape index (κ2) is 7.99. The minimum Gasteiger partial charge on any atom is -0.404 e. The highest BCUT2D eigenvalue weighted by atomic mass is 31.2. The van der Waals surface area contributed by atoms with Crippen LogP contribution >= 0.6 is 7.82 Å². The number of aromatic amines is 1. The Bertz CT molecular complexity index is 1400. The van der Waals surface area contributed by atoms with Gasteiger partial charge < -0.3 is 20.1 Å². The first-order chi connectivity index (χ1) is 16.5. The molecule has 0 bridgehead atoms. The lowest BCUT2D eigenvalue weighted by Gasteiger charge is -2.34. The standard InChI is InChI=1S/C18H16F4N5O7P/c19-15(20)17(6-32-35(30)31-5-8-3-1-2-4-9(8)34-35)18(21,22)11(28)14(33-17)27-7-24-10-12(27)25-16(23)26-13(10)29/h1-4,7,11,14-15,28H,5-6H2,(H3,23,25,26,29)/t11-,14+,17-,35?/m0/s1. The molecule has 3 aromatic rings. The molecule has 35 heavy (non-hydrogen) atoms. The first kappa shape index (κ1) is 23.7. The fraction of sp³-hybridized carbons (Fsp3) is 0.389. The molecule has 1 saturated heterocycles. The maximum Gasteiger partial charge on any atom is 0.530 e. The lowest BCUT2D eigenvalue weighted by Crippen LogP contribution is -2.57. The van der Waals surface area contributed by atoms with Gasteiger partial charge in [0.15, 0.2) is 23.5 Å². The smallest absolute Gasteiger partial charge is 0.404 e. The molecule has 1 fully saturated rings. The third-order valence-corrected chi connectivity index (χ3v) is 6.92. The van der Waals surface area contributed by atoms with Crippen LogP contribution in [0.4, 0.5) is 23.5 Å². The summed E-state index contributed by atoms with van der Waals surface area (Å²) in [4.78, 5) is 21.5. The number of hydrogen-bond acceptors (Lipinski definition) is 10. The maximum absolute atomic E-state index is 15.2. The van der Waals surface area contributed by atoms with Crippen LogP contribution in [0.15, 0.2) is 35.4 Å². The molecule has 2 aromatic heterocycles. The zero-order valence-electron chi connectivity index (χ0n) is 17.3. The average Bonchev–Trinajstić information content (AvgIpc) is 3.30. The number of nitrogens with zero attached hydrogens (tertiary/aromatic N) is 3. The Balaban J connectivity index is 1.48. The number of alkyl halides is 4. The minimum atomic E-state index is -4.65. The summed E-state index contributed by atoms with van der Waals surface area (Å²) >= 11 is 0. The van der Waals surface area contributed by atoms with E-state index in [4.69, 9.17) is 24.0 Å². The Morgan fingerprint density at radius 1 is 1.37 bits per heavy atom. The van der Waals surface area contributed by atoms with Gasteiger partial charge in [0.25, 0.3) is 12.0 Å². The highest BCUT2D eigenvalue weighted by Gasteiger charge is 2.74. The van der Waals surface area contributed by atoms with Crippen LogP contribution in [-0.2, 0) is 25.0 Å². The number of fused-ring (bicyclic) bond motifs is 2. The van der Waals surface area contributed by atoms with E-state index in [0.29, 0.717) is 10.1 Å². The van der Waals surface area contributed by atoms with Gasteiger partial charge in [-0.25, -0.2) is 18.3 Å². The van der Waals surface area contributed by atoms with Gasteiger partial charge >= 0.3 is 13.7 Å². The fourth-order valence-corrected chi connectivity index (χ4v) is 5.01. The molecule has 0 amide bonds. The Morgan fingerprint density at radius 3 is 2.86 bits per heavy atom. The zero-order valence-corrected chi connectivity index (χ0v) is 18.2. The molecule has 4 atom stereocenters. The number of rotatable bonds is 5. The third kappa shape index (κ3) is 3.60. The van der Waals surface area contributed by atoms with Gasteiger partial charge in [-0.05, 0) is 6.07 Å². The first-order valence-electron chi connectivity index (χ1n) is 9.88. The SMILES string of the molecule is Nc1nc2c(ncn2[C@@H]2O[C@@](COP3(=O)OCc4ccccc4O3)(C(F)F)C(F)(F)[C@H]2O)c(=O)[nH]1. The molecule has 4 heterocycles. The molecule has 188 valence electrons. The summed E-state index contributed by atoms with van der Waals surface area (Å²) in [6, 6.07) is 6.16. The van der Waals surface area contributed by atoms with E-state index in [1.807, 2.05) is 0 Å². The van der Waals surface area contributed by atoms with Crippen molar-refractivity contribution in [3.8, 4) is 5.75 Å². The van der Waals surface area contributed by atoms with Crippen LogP contribution in [0.2, 0.25) is 0 Å². The number of aliphatic hydroxyl groups is 1. The number of anilines is 1. The summed E-state index contributed by atoms with van der Waals surface area (Å²) in [6.45, 7) is -1.98. The molecule has 17 heteroatoms. The van der Waals surface area contributed by atoms with E-state index < -0.39 is 61.9 Å². The molecule has 4 N–H and O–H groups in total. The van der Waals surface area contributed by atoms with E-state index in [0.717, 1.165) is 6.33 Å². The van der Waals surface area contributed by atoms with Gasteiger partial charge in [-0.3, -0.25) is 23.4 Å². The first-order valence-corrected chi connectivity index (χ1v) is 11.3. The molecule has 0 saturated carbocycles. The number of benzene rings is 1. The van der Waals surface area contributed by atoms with Crippen molar-refractivity contribution in [2.45, 2.75) is 36.9 Å². The summed E-state index contributed by atoms with van der Waals surface area (Å²) in [6.07, 6.45) is -8.23. The molecule has 12 nitrogen and oxygen atoms in total. The second-order valence-corrected chi connectivity index (χ2v) is 9.33. The van der Waals surface area contributed by atoms with Gasteiger partial charge in [0.2, 0.25) is 11.5 Å². The zero-order chi connectivity index (χ0) is 25.2. The highest BCUT2D eigenvalue weighted by molar-refractivity contribution is 7.49. The van der Waals surface area contributed by atoms with Gasteiger partial charge in [-0.1, -0.05) is 18.2 Å². The van der Waals surface area contributed by atoms with Crippen LogP contribution in [0, 0.1) is 0 Å². The van der Waals surface area contributed by atoms with Crippen molar-refractivity contribution in [3.63, 3.8) is 0 Å². The number of phosphoric acid groups is 1. The second-order valence-electron chi connectivity index (χ2n) is 7.73. The Hall–Kier alpha value is -3.04. The van der Waals surface area contributed by atoms with Crippen molar-refractivity contribution in [2.24, 2.45) is 0 Å². The van der Waals surface area contributed by atoms with E-state index in [-0.39, 0.29) is 17.9 Å². The number of H-pyrrole nitrogens is 1. The number of aromatic nitrogens is 4. The van der Waals surface area contributed by atoms with Crippen LogP contribution in [0.1, 0.15) is 11.8 Å². The topological polar surface area (TPSA) is 164 Å². The molecule has 5 rings (SSSR count). The summed E-state index contributed by atoms with van der Waals surface area (Å²) < 4.78 is 92.1. The van der Waals surface area contributed by atoms with Gasteiger partial charge in [-0.15, -0.1) is 0 Å². The van der Waals surface area contributed by atoms with Gasteiger partial charge in [0, 0.05) is 5.56 Å². The van der Waals surface area contributed by atoms with Crippen LogP contribution in [0.3, 0.4) is 0 Å². The predicted octanol–water partition coefficient (Wildman–Crippen LogP) is 1.96. The van der Waals surface area contributed by atoms with Gasteiger partial charge in [0.05, 0.1) is 12.9 Å². The van der Waals surface area contributed by atoms with Gasteiger partial charge in [-0.2, -0.15) is 13.8 Å². The number of halogens is 4. The number of para-hydroxylation sites is 1. The van der Waals surface area contributed by atoms with E-state index in [1.165, 1.54) is 12.1 Å². The van der Waals surface area contributed by atoms with Crippen molar-refractivity contribution in [1.82, 2.24) is 19.5 Å². The average molecular weight is 521 g/mol. The van der Waals surface area contributed by atoms with Crippen molar-refractivity contribution in [3.05, 3.63) is 46.5 Å². The van der Waals surface area contributed by atoms with Crippen molar-refractivity contribution < 1.29 is 45.5 Å². The molecule has 0 radical (unpaired) electrons. The van der Waals surface area contributed by atoms with Crippen LogP contribution < -0.4 is 15.8 Å². The Morgan fingerprint density at radius 2 is 2.11 bits per heavy atom. The number of imidazole rings is 1. The van der Waals surface area contributed by atoms with E-state index in [1.54, 1.807) is 12.1 Å². The monoisotopic (exact) mass is 521 g/mol.